The normalized spacial score (nSPS) is 10.8. The van der Waals surface area contributed by atoms with Crippen LogP contribution in [0.1, 0.15) is 11.4 Å². The van der Waals surface area contributed by atoms with Crippen molar-refractivity contribution in [3.63, 3.8) is 0 Å². The van der Waals surface area contributed by atoms with E-state index < -0.39 is 0 Å². The number of nitrogens with zero attached hydrogens (tertiary/aromatic N) is 2. The molecule has 0 saturated heterocycles. The number of likely N-dealkylation sites (N-methyl/N-ethyl adjacent to an activating group) is 1. The van der Waals surface area contributed by atoms with Gasteiger partial charge in [-0.05, 0) is 50.4 Å². The molecule has 106 valence electrons. The molecule has 0 amide bonds. The smallest absolute Gasteiger partial charge is 0.0547 e. The Morgan fingerprint density at radius 3 is 2.60 bits per heavy atom. The number of pyridine rings is 1. The standard InChI is InChI=1S/C16H20BrN3/c1-13-4-3-5-16(19-13)12-20(2)11-10-18-15-8-6-14(17)7-9-15/h3-9,18H,10-12H2,1-2H3. The van der Waals surface area contributed by atoms with Crippen molar-refractivity contribution in [3.8, 4) is 0 Å². The number of anilines is 1. The van der Waals surface area contributed by atoms with Gasteiger partial charge in [-0.25, -0.2) is 0 Å². The van der Waals surface area contributed by atoms with Gasteiger partial charge in [0.25, 0.3) is 0 Å². The maximum atomic E-state index is 4.52. The van der Waals surface area contributed by atoms with Crippen LogP contribution in [-0.2, 0) is 6.54 Å². The summed E-state index contributed by atoms with van der Waals surface area (Å²) in [5, 5.41) is 3.42. The number of aryl methyl sites for hydroxylation is 1. The lowest BCUT2D eigenvalue weighted by molar-refractivity contribution is 0.335. The zero-order valence-corrected chi connectivity index (χ0v) is 13.5. The summed E-state index contributed by atoms with van der Waals surface area (Å²) in [6, 6.07) is 14.4. The first-order valence-electron chi connectivity index (χ1n) is 6.74. The van der Waals surface area contributed by atoms with Crippen molar-refractivity contribution in [3.05, 3.63) is 58.3 Å². The van der Waals surface area contributed by atoms with Crippen molar-refractivity contribution in [2.75, 3.05) is 25.5 Å². The minimum atomic E-state index is 0.879. The van der Waals surface area contributed by atoms with Crippen LogP contribution in [0.2, 0.25) is 0 Å². The van der Waals surface area contributed by atoms with Crippen molar-refractivity contribution in [1.29, 1.82) is 0 Å². The molecule has 1 aromatic heterocycles. The predicted octanol–water partition coefficient (Wildman–Crippen LogP) is 3.70. The molecule has 0 atom stereocenters. The average Bonchev–Trinajstić information content (AvgIpc) is 2.41. The van der Waals surface area contributed by atoms with Gasteiger partial charge in [0.2, 0.25) is 0 Å². The minimum absolute atomic E-state index is 0.879. The van der Waals surface area contributed by atoms with Crippen molar-refractivity contribution in [2.45, 2.75) is 13.5 Å². The average molecular weight is 334 g/mol. The zero-order chi connectivity index (χ0) is 14.4. The summed E-state index contributed by atoms with van der Waals surface area (Å²) in [5.41, 5.74) is 3.34. The highest BCUT2D eigenvalue weighted by atomic mass is 79.9. The van der Waals surface area contributed by atoms with Crippen LogP contribution in [0.5, 0.6) is 0 Å². The van der Waals surface area contributed by atoms with Crippen LogP contribution < -0.4 is 5.32 Å². The second kappa shape index (κ2) is 7.41. The van der Waals surface area contributed by atoms with Crippen molar-refractivity contribution in [1.82, 2.24) is 9.88 Å². The van der Waals surface area contributed by atoms with Crippen LogP contribution in [0.15, 0.2) is 46.9 Å². The molecule has 0 aliphatic heterocycles. The molecule has 3 nitrogen and oxygen atoms in total. The largest absolute Gasteiger partial charge is 0.384 e. The van der Waals surface area contributed by atoms with E-state index in [0.717, 1.165) is 41.2 Å². The molecule has 1 N–H and O–H groups in total. The molecule has 4 heteroatoms. The third kappa shape index (κ3) is 4.94. The summed E-state index contributed by atoms with van der Waals surface area (Å²) in [6.45, 7) is 4.80. The number of halogens is 1. The van der Waals surface area contributed by atoms with Crippen molar-refractivity contribution < 1.29 is 0 Å². The van der Waals surface area contributed by atoms with Crippen LogP contribution in [0.25, 0.3) is 0 Å². The molecule has 2 rings (SSSR count). The second-order valence-electron chi connectivity index (χ2n) is 4.94. The molecule has 0 spiro atoms. The highest BCUT2D eigenvalue weighted by molar-refractivity contribution is 9.10. The third-order valence-electron chi connectivity index (χ3n) is 3.04. The Balaban J connectivity index is 1.75. The molecule has 2 aromatic rings. The Kier molecular flexibility index (Phi) is 5.56. The van der Waals surface area contributed by atoms with Crippen LogP contribution >= 0.6 is 15.9 Å². The number of aromatic nitrogens is 1. The first-order valence-corrected chi connectivity index (χ1v) is 7.53. The second-order valence-corrected chi connectivity index (χ2v) is 5.86. The number of benzene rings is 1. The van der Waals surface area contributed by atoms with Crippen molar-refractivity contribution >= 4 is 21.6 Å². The van der Waals surface area contributed by atoms with E-state index in [4.69, 9.17) is 0 Å². The monoisotopic (exact) mass is 333 g/mol. The van der Waals surface area contributed by atoms with Crippen LogP contribution in [0.3, 0.4) is 0 Å². The molecular weight excluding hydrogens is 314 g/mol. The van der Waals surface area contributed by atoms with Gasteiger partial charge < -0.3 is 5.32 Å². The fraction of sp³-hybridized carbons (Fsp3) is 0.312. The maximum Gasteiger partial charge on any atom is 0.0547 e. The fourth-order valence-electron chi connectivity index (χ4n) is 2.00. The summed E-state index contributed by atoms with van der Waals surface area (Å²) in [7, 11) is 2.12. The van der Waals surface area contributed by atoms with Gasteiger partial charge in [-0.1, -0.05) is 22.0 Å². The van der Waals surface area contributed by atoms with Gasteiger partial charge >= 0.3 is 0 Å². The molecule has 1 aromatic carbocycles. The number of rotatable bonds is 6. The van der Waals surface area contributed by atoms with Gasteiger partial charge in [0.15, 0.2) is 0 Å². The van der Waals surface area contributed by atoms with Gasteiger partial charge in [-0.2, -0.15) is 0 Å². The van der Waals surface area contributed by atoms with E-state index in [1.165, 1.54) is 0 Å². The van der Waals surface area contributed by atoms with Crippen molar-refractivity contribution in [2.24, 2.45) is 0 Å². The van der Waals surface area contributed by atoms with Gasteiger partial charge in [-0.3, -0.25) is 9.88 Å². The first-order chi connectivity index (χ1) is 9.63. The van der Waals surface area contributed by atoms with E-state index >= 15 is 0 Å². The number of hydrogen-bond acceptors (Lipinski definition) is 3. The highest BCUT2D eigenvalue weighted by Crippen LogP contribution is 2.13. The Bertz CT molecular complexity index is 540. The lowest BCUT2D eigenvalue weighted by Crippen LogP contribution is -2.25. The summed E-state index contributed by atoms with van der Waals surface area (Å²) in [4.78, 5) is 6.79. The molecule has 0 unspecified atom stereocenters. The molecule has 0 bridgehead atoms. The minimum Gasteiger partial charge on any atom is -0.384 e. The lowest BCUT2D eigenvalue weighted by atomic mass is 10.3. The number of nitrogens with one attached hydrogen (secondary N) is 1. The Labute approximate surface area is 129 Å². The van der Waals surface area contributed by atoms with Crippen LogP contribution in [-0.4, -0.2) is 30.0 Å². The quantitative estimate of drug-likeness (QED) is 0.873. The van der Waals surface area contributed by atoms with Gasteiger partial charge in [-0.15, -0.1) is 0 Å². The van der Waals surface area contributed by atoms with Crippen LogP contribution in [0.4, 0.5) is 5.69 Å². The van der Waals surface area contributed by atoms with E-state index in [1.807, 2.05) is 25.1 Å². The summed E-state index contributed by atoms with van der Waals surface area (Å²) >= 11 is 3.44. The lowest BCUT2D eigenvalue weighted by Gasteiger charge is -2.17. The Morgan fingerprint density at radius 2 is 1.90 bits per heavy atom. The fourth-order valence-corrected chi connectivity index (χ4v) is 2.27. The topological polar surface area (TPSA) is 28.2 Å². The molecule has 0 saturated carbocycles. The van der Waals surface area contributed by atoms with E-state index in [0.29, 0.717) is 0 Å². The SMILES string of the molecule is Cc1cccc(CN(C)CCNc2ccc(Br)cc2)n1. The zero-order valence-electron chi connectivity index (χ0n) is 11.9. The number of hydrogen-bond donors (Lipinski definition) is 1. The van der Waals surface area contributed by atoms with E-state index in [9.17, 15) is 0 Å². The van der Waals surface area contributed by atoms with Gasteiger partial charge in [0.1, 0.15) is 0 Å². The summed E-state index contributed by atoms with van der Waals surface area (Å²) in [5.74, 6) is 0. The molecule has 0 radical (unpaired) electrons. The molecule has 0 aliphatic carbocycles. The molecule has 0 fully saturated rings. The van der Waals surface area contributed by atoms with E-state index in [-0.39, 0.29) is 0 Å². The van der Waals surface area contributed by atoms with E-state index in [1.54, 1.807) is 0 Å². The Morgan fingerprint density at radius 1 is 1.15 bits per heavy atom. The molecule has 20 heavy (non-hydrogen) atoms. The van der Waals surface area contributed by atoms with Gasteiger partial charge in [0.05, 0.1) is 5.69 Å². The summed E-state index contributed by atoms with van der Waals surface area (Å²) < 4.78 is 1.10. The first kappa shape index (κ1) is 15.0. The maximum absolute atomic E-state index is 4.52. The van der Waals surface area contributed by atoms with Gasteiger partial charge in [0, 0.05) is 35.5 Å². The summed E-state index contributed by atoms with van der Waals surface area (Å²) in [6.07, 6.45) is 0. The third-order valence-corrected chi connectivity index (χ3v) is 3.57. The highest BCUT2D eigenvalue weighted by Gasteiger charge is 2.01. The van der Waals surface area contributed by atoms with Crippen LogP contribution in [0, 0.1) is 6.92 Å². The molecule has 0 aliphatic rings. The molecular formula is C16H20BrN3. The Hall–Kier alpha value is -1.39. The predicted molar refractivity (Wildman–Crippen MR) is 87.9 cm³/mol. The molecule has 1 heterocycles. The van der Waals surface area contributed by atoms with E-state index in [2.05, 4.69) is 62.4 Å².